The highest BCUT2D eigenvalue weighted by atomic mass is 16.6. The first-order valence-electron chi connectivity index (χ1n) is 13.8. The molecule has 2 aromatic heterocycles. The minimum atomic E-state index is -0.802. The Morgan fingerprint density at radius 2 is 1.11 bits per heavy atom. The molecule has 0 aliphatic carbocycles. The number of nitro groups is 1. The van der Waals surface area contributed by atoms with E-state index in [1.165, 1.54) is 50.6 Å². The lowest BCUT2D eigenvalue weighted by atomic mass is 10.0. The highest BCUT2D eigenvalue weighted by Crippen LogP contribution is 2.36. The number of non-ortho nitro benzene ring substituents is 1. The molecular formula is C34H25N3O10. The van der Waals surface area contributed by atoms with Crippen LogP contribution in [-0.4, -0.2) is 50.9 Å². The summed E-state index contributed by atoms with van der Waals surface area (Å²) in [4.78, 5) is 64.6. The van der Waals surface area contributed by atoms with E-state index in [0.29, 0.717) is 28.0 Å². The van der Waals surface area contributed by atoms with Crippen molar-refractivity contribution in [2.75, 3.05) is 14.2 Å². The highest BCUT2D eigenvalue weighted by Gasteiger charge is 2.23. The van der Waals surface area contributed by atoms with Crippen LogP contribution in [0.5, 0.6) is 23.0 Å². The maximum atomic E-state index is 12.6. The molecule has 47 heavy (non-hydrogen) atoms. The Balaban J connectivity index is 0.000000185. The second-order valence-corrected chi connectivity index (χ2v) is 9.99. The third kappa shape index (κ3) is 6.13. The van der Waals surface area contributed by atoms with Gasteiger partial charge in [-0.1, -0.05) is 60.7 Å². The third-order valence-corrected chi connectivity index (χ3v) is 7.20. The number of ether oxygens (including phenoxy) is 2. The standard InChI is InChI=1S/C18H15NO5.C16H10N2O5/c1-23-13-8-11-12(9-14(13)24-2)19-18(22)15(17(11)21)16(20)10-6-4-3-5-7-10;19-14(9-4-2-1-3-5-9)13-15(20)11-7-6-10(18(22)23)8-12(11)17-16(13)21/h3-9H,1-2H3,(H2,19,21,22);1-8H,(H2,17,20,21). The summed E-state index contributed by atoms with van der Waals surface area (Å²) in [6.07, 6.45) is 0. The largest absolute Gasteiger partial charge is 0.506 e. The molecule has 0 unspecified atom stereocenters. The van der Waals surface area contributed by atoms with Gasteiger partial charge in [-0.15, -0.1) is 0 Å². The van der Waals surface area contributed by atoms with Crippen LogP contribution in [0.1, 0.15) is 31.8 Å². The van der Waals surface area contributed by atoms with Gasteiger partial charge in [0, 0.05) is 40.1 Å². The fourth-order valence-corrected chi connectivity index (χ4v) is 4.88. The van der Waals surface area contributed by atoms with Gasteiger partial charge in [-0.25, -0.2) is 0 Å². The molecule has 4 N–H and O–H groups in total. The first kappa shape index (κ1) is 31.7. The first-order valence-corrected chi connectivity index (χ1v) is 13.8. The summed E-state index contributed by atoms with van der Waals surface area (Å²) >= 11 is 0. The van der Waals surface area contributed by atoms with Gasteiger partial charge in [0.15, 0.2) is 11.5 Å². The van der Waals surface area contributed by atoms with Crippen LogP contribution < -0.4 is 20.6 Å². The van der Waals surface area contributed by atoms with Crippen molar-refractivity contribution in [3.05, 3.63) is 144 Å². The van der Waals surface area contributed by atoms with Crippen molar-refractivity contribution in [2.45, 2.75) is 0 Å². The minimum absolute atomic E-state index is 0.0892. The van der Waals surface area contributed by atoms with Gasteiger partial charge in [-0.3, -0.25) is 29.3 Å². The lowest BCUT2D eigenvalue weighted by molar-refractivity contribution is -0.384. The van der Waals surface area contributed by atoms with Gasteiger partial charge in [0.05, 0.1) is 30.2 Å². The number of carbonyl (C=O) groups excluding carboxylic acids is 2. The van der Waals surface area contributed by atoms with Crippen LogP contribution in [0.15, 0.2) is 101 Å². The molecular weight excluding hydrogens is 610 g/mol. The number of nitrogens with one attached hydrogen (secondary N) is 2. The Morgan fingerprint density at radius 1 is 0.660 bits per heavy atom. The molecule has 0 aliphatic rings. The van der Waals surface area contributed by atoms with Gasteiger partial charge in [0.2, 0.25) is 11.6 Å². The monoisotopic (exact) mass is 635 g/mol. The van der Waals surface area contributed by atoms with Crippen molar-refractivity contribution in [1.82, 2.24) is 9.97 Å². The molecule has 0 amide bonds. The zero-order valence-electron chi connectivity index (χ0n) is 24.8. The Hall–Kier alpha value is -6.76. The van der Waals surface area contributed by atoms with E-state index in [9.17, 15) is 39.5 Å². The molecule has 4 aromatic carbocycles. The number of carbonyl (C=O) groups is 2. The Kier molecular flexibility index (Phi) is 8.81. The predicted molar refractivity (Wildman–Crippen MR) is 172 cm³/mol. The van der Waals surface area contributed by atoms with Gasteiger partial charge in [0.1, 0.15) is 22.6 Å². The van der Waals surface area contributed by atoms with E-state index in [1.54, 1.807) is 48.5 Å². The van der Waals surface area contributed by atoms with Crippen molar-refractivity contribution < 1.29 is 34.2 Å². The van der Waals surface area contributed by atoms with E-state index >= 15 is 0 Å². The number of fused-ring (bicyclic) bond motifs is 2. The number of nitro benzene ring substituents is 1. The summed E-state index contributed by atoms with van der Waals surface area (Å²) in [5.41, 5.74) is -1.38. The Bertz CT molecular complexity index is 2300. The van der Waals surface area contributed by atoms with Crippen molar-refractivity contribution in [3.63, 3.8) is 0 Å². The van der Waals surface area contributed by atoms with Crippen LogP contribution >= 0.6 is 0 Å². The smallest absolute Gasteiger partial charge is 0.271 e. The van der Waals surface area contributed by atoms with E-state index in [1.807, 2.05) is 0 Å². The summed E-state index contributed by atoms with van der Waals surface area (Å²) in [6.45, 7) is 0. The number of methoxy groups -OCH3 is 2. The number of H-pyrrole nitrogens is 2. The van der Waals surface area contributed by atoms with E-state index in [2.05, 4.69) is 9.97 Å². The molecule has 6 aromatic rings. The van der Waals surface area contributed by atoms with Gasteiger partial charge < -0.3 is 29.7 Å². The van der Waals surface area contributed by atoms with Crippen LogP contribution in [0.25, 0.3) is 21.8 Å². The molecule has 0 atom stereocenters. The van der Waals surface area contributed by atoms with Crippen molar-refractivity contribution in [2.24, 2.45) is 0 Å². The number of rotatable bonds is 7. The molecule has 13 nitrogen and oxygen atoms in total. The zero-order chi connectivity index (χ0) is 33.8. The average Bonchev–Trinajstić information content (AvgIpc) is 3.08. The zero-order valence-corrected chi connectivity index (χ0v) is 24.8. The van der Waals surface area contributed by atoms with Crippen molar-refractivity contribution in [1.29, 1.82) is 0 Å². The summed E-state index contributed by atoms with van der Waals surface area (Å²) in [6, 6.07) is 23.0. The maximum absolute atomic E-state index is 12.6. The second kappa shape index (κ2) is 13.1. The number of pyridine rings is 2. The molecule has 6 rings (SSSR count). The van der Waals surface area contributed by atoms with Crippen molar-refractivity contribution in [3.8, 4) is 23.0 Å². The van der Waals surface area contributed by atoms with Gasteiger partial charge in [0.25, 0.3) is 16.8 Å². The number of aromatic hydroxyl groups is 2. The molecule has 0 saturated heterocycles. The van der Waals surface area contributed by atoms with E-state index in [0.717, 1.165) is 6.07 Å². The van der Waals surface area contributed by atoms with E-state index < -0.39 is 38.9 Å². The predicted octanol–water partition coefficient (Wildman–Crippen LogP) is 4.85. The summed E-state index contributed by atoms with van der Waals surface area (Å²) in [7, 11) is 2.93. The van der Waals surface area contributed by atoms with Crippen LogP contribution in [0.2, 0.25) is 0 Å². The SMILES string of the molecule is COc1cc2[nH]c(=O)c(C(=O)c3ccccc3)c(O)c2cc1OC.O=C(c1ccccc1)c1c(O)c2ccc([N+](=O)[O-])cc2[nH]c1=O. The van der Waals surface area contributed by atoms with Crippen LogP contribution in [0.4, 0.5) is 5.69 Å². The number of ketones is 2. The number of benzene rings is 4. The minimum Gasteiger partial charge on any atom is -0.506 e. The summed E-state index contributed by atoms with van der Waals surface area (Å²) in [5.74, 6) is -1.26. The maximum Gasteiger partial charge on any atom is 0.271 e. The second-order valence-electron chi connectivity index (χ2n) is 9.99. The van der Waals surface area contributed by atoms with Crippen LogP contribution in [-0.2, 0) is 0 Å². The van der Waals surface area contributed by atoms with Crippen LogP contribution in [0, 0.1) is 10.1 Å². The molecule has 2 heterocycles. The quantitative estimate of drug-likeness (QED) is 0.107. The van der Waals surface area contributed by atoms with Gasteiger partial charge in [-0.2, -0.15) is 0 Å². The molecule has 0 saturated carbocycles. The molecule has 0 radical (unpaired) electrons. The number of nitrogens with zero attached hydrogens (tertiary/aromatic N) is 1. The molecule has 0 aliphatic heterocycles. The van der Waals surface area contributed by atoms with Gasteiger partial charge in [-0.05, 0) is 12.1 Å². The first-order chi connectivity index (χ1) is 22.5. The lowest BCUT2D eigenvalue weighted by Gasteiger charge is -2.11. The number of aromatic amines is 2. The summed E-state index contributed by atoms with van der Waals surface area (Å²) in [5, 5.41) is 32.0. The topological polar surface area (TPSA) is 202 Å². The number of hydrogen-bond donors (Lipinski definition) is 4. The average molecular weight is 636 g/mol. The van der Waals surface area contributed by atoms with E-state index in [4.69, 9.17) is 9.47 Å². The molecule has 13 heteroatoms. The van der Waals surface area contributed by atoms with Gasteiger partial charge >= 0.3 is 0 Å². The fourth-order valence-electron chi connectivity index (χ4n) is 4.88. The molecule has 0 fully saturated rings. The van der Waals surface area contributed by atoms with E-state index in [-0.39, 0.29) is 33.5 Å². The molecule has 0 spiro atoms. The highest BCUT2D eigenvalue weighted by molar-refractivity contribution is 6.13. The van der Waals surface area contributed by atoms with Crippen LogP contribution in [0.3, 0.4) is 0 Å². The molecule has 0 bridgehead atoms. The number of aromatic nitrogens is 2. The third-order valence-electron chi connectivity index (χ3n) is 7.20. The Morgan fingerprint density at radius 3 is 1.57 bits per heavy atom. The summed E-state index contributed by atoms with van der Waals surface area (Å²) < 4.78 is 10.4. The molecule has 236 valence electrons. The number of hydrogen-bond acceptors (Lipinski definition) is 10. The van der Waals surface area contributed by atoms with Crippen molar-refractivity contribution >= 4 is 39.1 Å². The lowest BCUT2D eigenvalue weighted by Crippen LogP contribution is -2.18. The fraction of sp³-hybridized carbons (Fsp3) is 0.0588. The Labute approximate surface area is 264 Å². The normalized spacial score (nSPS) is 10.6.